The number of amides is 2. The number of nitro groups is 1. The number of rotatable bonds is 3. The van der Waals surface area contributed by atoms with Gasteiger partial charge in [-0.2, -0.15) is 0 Å². The molecule has 0 bridgehead atoms. The number of carbonyl (C=O) groups excluding carboxylic acids is 2. The quantitative estimate of drug-likeness (QED) is 0.420. The number of pyridine rings is 1. The third-order valence-electron chi connectivity index (χ3n) is 2.87. The number of non-ortho nitro benzene ring substituents is 1. The van der Waals surface area contributed by atoms with Gasteiger partial charge in [0.25, 0.3) is 17.5 Å². The van der Waals surface area contributed by atoms with E-state index in [1.165, 1.54) is 30.6 Å². The van der Waals surface area contributed by atoms with Crippen LogP contribution < -0.4 is 16.2 Å². The van der Waals surface area contributed by atoms with Crippen LogP contribution in [0, 0.1) is 10.1 Å². The minimum Gasteiger partial charge on any atom is -0.298 e. The molecule has 0 aliphatic heterocycles. The van der Waals surface area contributed by atoms with Gasteiger partial charge in [-0.05, 0) is 30.4 Å². The van der Waals surface area contributed by atoms with Crippen molar-refractivity contribution in [2.45, 2.75) is 0 Å². The molecular formula is C14H10ClN5O4S. The summed E-state index contributed by atoms with van der Waals surface area (Å²) in [6.07, 6.45) is 2.90. The van der Waals surface area contributed by atoms with E-state index in [-0.39, 0.29) is 21.4 Å². The Morgan fingerprint density at radius 1 is 1.12 bits per heavy atom. The van der Waals surface area contributed by atoms with Crippen LogP contribution >= 0.6 is 23.8 Å². The summed E-state index contributed by atoms with van der Waals surface area (Å²) in [6.45, 7) is 0. The molecule has 9 nitrogen and oxygen atoms in total. The normalized spacial score (nSPS) is 9.80. The van der Waals surface area contributed by atoms with Crippen molar-refractivity contribution in [3.63, 3.8) is 0 Å². The zero-order valence-corrected chi connectivity index (χ0v) is 13.9. The van der Waals surface area contributed by atoms with Crippen LogP contribution in [-0.4, -0.2) is 26.8 Å². The molecule has 1 aromatic heterocycles. The van der Waals surface area contributed by atoms with Gasteiger partial charge in [-0.1, -0.05) is 11.6 Å². The first-order valence-electron chi connectivity index (χ1n) is 6.64. The van der Waals surface area contributed by atoms with Crippen LogP contribution in [0.1, 0.15) is 20.7 Å². The van der Waals surface area contributed by atoms with Crippen LogP contribution in [0.3, 0.4) is 0 Å². The molecular weight excluding hydrogens is 370 g/mol. The first-order valence-corrected chi connectivity index (χ1v) is 7.42. The predicted octanol–water partition coefficient (Wildman–Crippen LogP) is 1.59. The number of nitrogens with zero attached hydrogens (tertiary/aromatic N) is 2. The Bertz CT molecular complexity index is 846. The second-order valence-corrected chi connectivity index (χ2v) is 5.33. The summed E-state index contributed by atoms with van der Waals surface area (Å²) >= 11 is 10.7. The molecule has 0 atom stereocenters. The third kappa shape index (κ3) is 4.93. The number of hydrogen-bond donors (Lipinski definition) is 3. The summed E-state index contributed by atoms with van der Waals surface area (Å²) in [5.74, 6) is -1.16. The Hall–Kier alpha value is -3.11. The minimum absolute atomic E-state index is 0.00289. The Balaban J connectivity index is 1.93. The van der Waals surface area contributed by atoms with E-state index in [0.717, 1.165) is 12.1 Å². The van der Waals surface area contributed by atoms with Gasteiger partial charge in [-0.3, -0.25) is 40.9 Å². The standard InChI is InChI=1S/C14H10ClN5O4S/c15-11-7-9(20(23)24)1-2-10(11)13(22)17-14(25)19-18-12(21)8-3-5-16-6-4-8/h1-7H,(H,18,21)(H2,17,19,22,25). The molecule has 1 heterocycles. The Kier molecular flexibility index (Phi) is 5.93. The molecule has 2 amide bonds. The van der Waals surface area contributed by atoms with Crippen LogP contribution in [0.5, 0.6) is 0 Å². The number of hydrazine groups is 1. The number of aromatic nitrogens is 1. The average molecular weight is 380 g/mol. The molecule has 0 aliphatic carbocycles. The summed E-state index contributed by atoms with van der Waals surface area (Å²) in [5.41, 5.74) is 4.75. The maximum Gasteiger partial charge on any atom is 0.270 e. The molecule has 0 saturated carbocycles. The summed E-state index contributed by atoms with van der Waals surface area (Å²) in [7, 11) is 0. The van der Waals surface area contributed by atoms with Crippen LogP contribution in [0.25, 0.3) is 0 Å². The van der Waals surface area contributed by atoms with E-state index >= 15 is 0 Å². The lowest BCUT2D eigenvalue weighted by atomic mass is 10.2. The Morgan fingerprint density at radius 2 is 1.80 bits per heavy atom. The molecule has 0 saturated heterocycles. The van der Waals surface area contributed by atoms with Crippen molar-refractivity contribution < 1.29 is 14.5 Å². The first-order chi connectivity index (χ1) is 11.9. The van der Waals surface area contributed by atoms with Crippen LogP contribution in [0.15, 0.2) is 42.7 Å². The van der Waals surface area contributed by atoms with Crippen LogP contribution in [-0.2, 0) is 0 Å². The maximum atomic E-state index is 12.1. The second kappa shape index (κ2) is 8.13. The van der Waals surface area contributed by atoms with Gasteiger partial charge in [0.15, 0.2) is 5.11 Å². The van der Waals surface area contributed by atoms with E-state index in [2.05, 4.69) is 21.2 Å². The fourth-order valence-corrected chi connectivity index (χ4v) is 2.10. The van der Waals surface area contributed by atoms with Crippen molar-refractivity contribution in [3.05, 3.63) is 69.0 Å². The molecule has 0 unspecified atom stereocenters. The largest absolute Gasteiger partial charge is 0.298 e. The zero-order valence-electron chi connectivity index (χ0n) is 12.4. The molecule has 0 aliphatic rings. The number of benzene rings is 1. The van der Waals surface area contributed by atoms with E-state index in [0.29, 0.717) is 5.56 Å². The monoisotopic (exact) mass is 379 g/mol. The highest BCUT2D eigenvalue weighted by atomic mass is 35.5. The molecule has 2 aromatic rings. The van der Waals surface area contributed by atoms with Crippen molar-refractivity contribution in [2.24, 2.45) is 0 Å². The van der Waals surface area contributed by atoms with Crippen molar-refractivity contribution in [1.29, 1.82) is 0 Å². The predicted molar refractivity (Wildman–Crippen MR) is 93.0 cm³/mol. The molecule has 0 spiro atoms. The van der Waals surface area contributed by atoms with E-state index in [1.807, 2.05) is 0 Å². The highest BCUT2D eigenvalue weighted by molar-refractivity contribution is 7.80. The van der Waals surface area contributed by atoms with Crippen molar-refractivity contribution in [3.8, 4) is 0 Å². The summed E-state index contributed by atoms with van der Waals surface area (Å²) in [6, 6.07) is 6.39. The lowest BCUT2D eigenvalue weighted by molar-refractivity contribution is -0.384. The molecule has 2 rings (SSSR count). The highest BCUT2D eigenvalue weighted by Gasteiger charge is 2.16. The average Bonchev–Trinajstić information content (AvgIpc) is 2.60. The fraction of sp³-hybridized carbons (Fsp3) is 0. The lowest BCUT2D eigenvalue weighted by Gasteiger charge is -2.11. The van der Waals surface area contributed by atoms with Crippen molar-refractivity contribution >= 4 is 46.4 Å². The lowest BCUT2D eigenvalue weighted by Crippen LogP contribution is -2.48. The van der Waals surface area contributed by atoms with E-state index in [9.17, 15) is 19.7 Å². The van der Waals surface area contributed by atoms with Crippen LogP contribution in [0.4, 0.5) is 5.69 Å². The van der Waals surface area contributed by atoms with E-state index in [1.54, 1.807) is 0 Å². The summed E-state index contributed by atoms with van der Waals surface area (Å²) in [4.78, 5) is 37.7. The second-order valence-electron chi connectivity index (χ2n) is 4.52. The summed E-state index contributed by atoms with van der Waals surface area (Å²) in [5, 5.41) is 12.7. The topological polar surface area (TPSA) is 126 Å². The van der Waals surface area contributed by atoms with Crippen molar-refractivity contribution in [2.75, 3.05) is 0 Å². The van der Waals surface area contributed by atoms with Gasteiger partial charge in [0.2, 0.25) is 0 Å². The van der Waals surface area contributed by atoms with Gasteiger partial charge >= 0.3 is 0 Å². The SMILES string of the molecule is O=C(NNC(=S)NC(=O)c1ccc([N+](=O)[O-])cc1Cl)c1ccncc1. The number of nitro benzene ring substituents is 1. The smallest absolute Gasteiger partial charge is 0.270 e. The van der Waals surface area contributed by atoms with Gasteiger partial charge in [0.1, 0.15) is 0 Å². The number of carbonyl (C=O) groups is 2. The molecule has 25 heavy (non-hydrogen) atoms. The van der Waals surface area contributed by atoms with Gasteiger partial charge in [-0.25, -0.2) is 0 Å². The van der Waals surface area contributed by atoms with E-state index < -0.39 is 16.7 Å². The molecule has 3 N–H and O–H groups in total. The molecule has 0 radical (unpaired) electrons. The molecule has 0 fully saturated rings. The zero-order chi connectivity index (χ0) is 18.4. The number of thiocarbonyl (C=S) groups is 1. The first kappa shape index (κ1) is 18.2. The molecule has 128 valence electrons. The third-order valence-corrected chi connectivity index (χ3v) is 3.38. The van der Waals surface area contributed by atoms with Crippen molar-refractivity contribution in [1.82, 2.24) is 21.2 Å². The highest BCUT2D eigenvalue weighted by Crippen LogP contribution is 2.22. The summed E-state index contributed by atoms with van der Waals surface area (Å²) < 4.78 is 0. The molecule has 11 heteroatoms. The van der Waals surface area contributed by atoms with E-state index in [4.69, 9.17) is 23.8 Å². The van der Waals surface area contributed by atoms with Gasteiger partial charge < -0.3 is 0 Å². The number of halogens is 1. The Labute approximate surface area is 151 Å². The number of nitrogens with one attached hydrogen (secondary N) is 3. The van der Waals surface area contributed by atoms with Gasteiger partial charge in [-0.15, -0.1) is 0 Å². The fourth-order valence-electron chi connectivity index (χ4n) is 1.69. The number of hydrogen-bond acceptors (Lipinski definition) is 6. The van der Waals surface area contributed by atoms with Gasteiger partial charge in [0, 0.05) is 30.1 Å². The molecule has 1 aromatic carbocycles. The van der Waals surface area contributed by atoms with Gasteiger partial charge in [0.05, 0.1) is 15.5 Å². The minimum atomic E-state index is -0.685. The maximum absolute atomic E-state index is 12.1. The Morgan fingerprint density at radius 3 is 2.40 bits per heavy atom. The van der Waals surface area contributed by atoms with Crippen LogP contribution in [0.2, 0.25) is 5.02 Å².